The number of rotatable bonds is 4. The number of aryl methyl sites for hydroxylation is 1. The zero-order valence-electron chi connectivity index (χ0n) is 14.9. The standard InChI is InChI=1S/C20H22ClN3O2.ClH/c21-17-6-3-5-16(14-17)20(26)24-12-10-23(11-13-24)19(25)9-8-15-4-1-2-7-18(15)22;/h1-7,14H,8-13,22H2;1H. The van der Waals surface area contributed by atoms with Crippen LogP contribution in [-0.2, 0) is 11.2 Å². The molecule has 7 heteroatoms. The van der Waals surface area contributed by atoms with Crippen LogP contribution >= 0.6 is 24.0 Å². The van der Waals surface area contributed by atoms with E-state index in [9.17, 15) is 9.59 Å². The summed E-state index contributed by atoms with van der Waals surface area (Å²) in [7, 11) is 0. The van der Waals surface area contributed by atoms with Gasteiger partial charge in [0.25, 0.3) is 5.91 Å². The first-order valence-electron chi connectivity index (χ1n) is 8.70. The summed E-state index contributed by atoms with van der Waals surface area (Å²) in [6.45, 7) is 2.17. The van der Waals surface area contributed by atoms with Crippen LogP contribution in [0.15, 0.2) is 48.5 Å². The van der Waals surface area contributed by atoms with Crippen molar-refractivity contribution in [2.75, 3.05) is 31.9 Å². The summed E-state index contributed by atoms with van der Waals surface area (Å²) in [6.07, 6.45) is 1.06. The molecule has 1 fully saturated rings. The molecule has 2 N–H and O–H groups in total. The van der Waals surface area contributed by atoms with Crippen molar-refractivity contribution in [3.63, 3.8) is 0 Å². The van der Waals surface area contributed by atoms with Crippen molar-refractivity contribution in [3.05, 3.63) is 64.7 Å². The SMILES string of the molecule is Cl.Nc1ccccc1CCC(=O)N1CCN(C(=O)c2cccc(Cl)c2)CC1. The number of hydrogen-bond donors (Lipinski definition) is 1. The lowest BCUT2D eigenvalue weighted by atomic mass is 10.1. The summed E-state index contributed by atoms with van der Waals surface area (Å²) in [6, 6.07) is 14.6. The zero-order valence-corrected chi connectivity index (χ0v) is 16.5. The molecule has 1 saturated heterocycles. The van der Waals surface area contributed by atoms with Gasteiger partial charge in [-0.15, -0.1) is 12.4 Å². The molecule has 27 heavy (non-hydrogen) atoms. The van der Waals surface area contributed by atoms with E-state index in [4.69, 9.17) is 17.3 Å². The first-order valence-corrected chi connectivity index (χ1v) is 9.08. The van der Waals surface area contributed by atoms with Gasteiger partial charge < -0.3 is 15.5 Å². The van der Waals surface area contributed by atoms with E-state index in [1.165, 1.54) is 0 Å². The minimum atomic E-state index is -0.0448. The predicted octanol–water partition coefficient (Wildman–Crippen LogP) is 3.26. The van der Waals surface area contributed by atoms with E-state index in [1.54, 1.807) is 29.2 Å². The summed E-state index contributed by atoms with van der Waals surface area (Å²) in [5.41, 5.74) is 8.22. The number of amides is 2. The first-order chi connectivity index (χ1) is 12.5. The van der Waals surface area contributed by atoms with Crippen LogP contribution in [0.4, 0.5) is 5.69 Å². The highest BCUT2D eigenvalue weighted by Gasteiger charge is 2.24. The van der Waals surface area contributed by atoms with Gasteiger partial charge in [-0.05, 0) is 36.2 Å². The fourth-order valence-corrected chi connectivity index (χ4v) is 3.31. The Morgan fingerprint density at radius 1 is 0.963 bits per heavy atom. The summed E-state index contributed by atoms with van der Waals surface area (Å²) in [5, 5.41) is 0.546. The molecule has 5 nitrogen and oxygen atoms in total. The molecule has 144 valence electrons. The quantitative estimate of drug-likeness (QED) is 0.790. The average molecular weight is 408 g/mol. The van der Waals surface area contributed by atoms with Crippen LogP contribution in [0.5, 0.6) is 0 Å². The van der Waals surface area contributed by atoms with Crippen molar-refractivity contribution in [1.82, 2.24) is 9.80 Å². The van der Waals surface area contributed by atoms with Crippen LogP contribution in [0.3, 0.4) is 0 Å². The average Bonchev–Trinajstić information content (AvgIpc) is 2.66. The Kier molecular flexibility index (Phi) is 7.51. The van der Waals surface area contributed by atoms with E-state index in [0.29, 0.717) is 49.6 Å². The smallest absolute Gasteiger partial charge is 0.254 e. The molecule has 0 bridgehead atoms. The molecule has 3 rings (SSSR count). The second-order valence-electron chi connectivity index (χ2n) is 6.38. The molecular formula is C20H23Cl2N3O2. The van der Waals surface area contributed by atoms with E-state index in [1.807, 2.05) is 29.2 Å². The number of nitrogen functional groups attached to an aromatic ring is 1. The molecule has 1 aliphatic rings. The fourth-order valence-electron chi connectivity index (χ4n) is 3.12. The van der Waals surface area contributed by atoms with Gasteiger partial charge in [-0.2, -0.15) is 0 Å². The van der Waals surface area contributed by atoms with E-state index < -0.39 is 0 Å². The fraction of sp³-hybridized carbons (Fsp3) is 0.300. The first kappa shape index (κ1) is 21.1. The van der Waals surface area contributed by atoms with Gasteiger partial charge in [-0.25, -0.2) is 0 Å². The lowest BCUT2D eigenvalue weighted by Gasteiger charge is -2.35. The van der Waals surface area contributed by atoms with Crippen molar-refractivity contribution in [2.24, 2.45) is 0 Å². The number of piperazine rings is 1. The third kappa shape index (κ3) is 5.37. The maximum atomic E-state index is 12.5. The lowest BCUT2D eigenvalue weighted by molar-refractivity contribution is -0.132. The van der Waals surface area contributed by atoms with Crippen LogP contribution in [0.1, 0.15) is 22.3 Å². The third-order valence-corrected chi connectivity index (χ3v) is 4.89. The second kappa shape index (κ2) is 9.62. The van der Waals surface area contributed by atoms with Crippen LogP contribution in [-0.4, -0.2) is 47.8 Å². The number of anilines is 1. The maximum absolute atomic E-state index is 12.5. The van der Waals surface area contributed by atoms with Gasteiger partial charge in [0, 0.05) is 48.9 Å². The molecule has 2 aromatic carbocycles. The Hall–Kier alpha value is -2.24. The van der Waals surface area contributed by atoms with Gasteiger partial charge in [-0.3, -0.25) is 9.59 Å². The number of benzene rings is 2. The molecule has 0 saturated carbocycles. The number of nitrogens with two attached hydrogens (primary N) is 1. The Morgan fingerprint density at radius 2 is 1.63 bits per heavy atom. The summed E-state index contributed by atoms with van der Waals surface area (Å²) < 4.78 is 0. The molecule has 2 aromatic rings. The molecule has 0 aliphatic carbocycles. The molecular weight excluding hydrogens is 385 g/mol. The maximum Gasteiger partial charge on any atom is 0.254 e. The van der Waals surface area contributed by atoms with Crippen molar-refractivity contribution in [1.29, 1.82) is 0 Å². The molecule has 1 heterocycles. The molecule has 0 unspecified atom stereocenters. The van der Waals surface area contributed by atoms with Crippen molar-refractivity contribution >= 4 is 41.5 Å². The molecule has 0 spiro atoms. The van der Waals surface area contributed by atoms with Crippen LogP contribution in [0.2, 0.25) is 5.02 Å². The van der Waals surface area contributed by atoms with Gasteiger partial charge in [0.2, 0.25) is 5.91 Å². The molecule has 0 atom stereocenters. The monoisotopic (exact) mass is 407 g/mol. The largest absolute Gasteiger partial charge is 0.399 e. The molecule has 1 aliphatic heterocycles. The lowest BCUT2D eigenvalue weighted by Crippen LogP contribution is -2.50. The predicted molar refractivity (Wildman–Crippen MR) is 110 cm³/mol. The van der Waals surface area contributed by atoms with Crippen LogP contribution in [0, 0.1) is 0 Å². The van der Waals surface area contributed by atoms with E-state index in [0.717, 1.165) is 11.3 Å². The second-order valence-corrected chi connectivity index (χ2v) is 6.82. The highest BCUT2D eigenvalue weighted by atomic mass is 35.5. The van der Waals surface area contributed by atoms with Gasteiger partial charge >= 0.3 is 0 Å². The topological polar surface area (TPSA) is 66.6 Å². The highest BCUT2D eigenvalue weighted by molar-refractivity contribution is 6.30. The molecule has 0 aromatic heterocycles. The van der Waals surface area contributed by atoms with Crippen molar-refractivity contribution in [3.8, 4) is 0 Å². The van der Waals surface area contributed by atoms with Gasteiger partial charge in [0.15, 0.2) is 0 Å². The summed E-state index contributed by atoms with van der Waals surface area (Å²) in [5.74, 6) is 0.0553. The molecule has 2 amide bonds. The van der Waals surface area contributed by atoms with Gasteiger partial charge in [-0.1, -0.05) is 35.9 Å². The zero-order chi connectivity index (χ0) is 18.5. The van der Waals surface area contributed by atoms with Crippen molar-refractivity contribution < 1.29 is 9.59 Å². The van der Waals surface area contributed by atoms with E-state index >= 15 is 0 Å². The van der Waals surface area contributed by atoms with Gasteiger partial charge in [0.05, 0.1) is 0 Å². The van der Waals surface area contributed by atoms with Crippen LogP contribution < -0.4 is 5.73 Å². The summed E-state index contributed by atoms with van der Waals surface area (Å²) >= 11 is 5.96. The minimum absolute atomic E-state index is 0. The highest BCUT2D eigenvalue weighted by Crippen LogP contribution is 2.16. The van der Waals surface area contributed by atoms with Crippen LogP contribution in [0.25, 0.3) is 0 Å². The number of halogens is 2. The number of para-hydroxylation sites is 1. The minimum Gasteiger partial charge on any atom is -0.399 e. The number of carbonyl (C=O) groups is 2. The number of hydrogen-bond acceptors (Lipinski definition) is 3. The Balaban J connectivity index is 0.00000261. The van der Waals surface area contributed by atoms with E-state index in [2.05, 4.69) is 0 Å². The van der Waals surface area contributed by atoms with E-state index in [-0.39, 0.29) is 24.2 Å². The number of nitrogens with zero attached hydrogens (tertiary/aromatic N) is 2. The molecule has 0 radical (unpaired) electrons. The Morgan fingerprint density at radius 3 is 2.30 bits per heavy atom. The number of carbonyl (C=O) groups excluding carboxylic acids is 2. The van der Waals surface area contributed by atoms with Gasteiger partial charge in [0.1, 0.15) is 0 Å². The Bertz CT molecular complexity index is 805. The van der Waals surface area contributed by atoms with Crippen molar-refractivity contribution in [2.45, 2.75) is 12.8 Å². The Labute approximate surface area is 170 Å². The normalized spacial score (nSPS) is 13.8. The summed E-state index contributed by atoms with van der Waals surface area (Å²) in [4.78, 5) is 28.6. The third-order valence-electron chi connectivity index (χ3n) is 4.65.